The topological polar surface area (TPSA) is 216 Å². The molecule has 0 bridgehead atoms. The number of β-lactam (4-membered cyclic amide) rings is 1. The highest BCUT2D eigenvalue weighted by molar-refractivity contribution is 8.00. The number of hydrogen-bond acceptors (Lipinski definition) is 9. The average molecular weight is 544 g/mol. The van der Waals surface area contributed by atoms with Crippen LogP contribution in [0.2, 0.25) is 0 Å². The van der Waals surface area contributed by atoms with E-state index in [1.54, 1.807) is 18.2 Å². The number of rotatable bonds is 8. The monoisotopic (exact) mass is 543 g/mol. The highest BCUT2D eigenvalue weighted by atomic mass is 32.2. The molecule has 0 aliphatic carbocycles. The zero-order valence-corrected chi connectivity index (χ0v) is 20.3. The largest absolute Gasteiger partial charge is 0.477 e. The molecule has 1 aromatic carbocycles. The maximum Gasteiger partial charge on any atom is 0.404 e. The van der Waals surface area contributed by atoms with E-state index < -0.39 is 59.9 Å². The van der Waals surface area contributed by atoms with Gasteiger partial charge in [-0.2, -0.15) is 0 Å². The number of benzene rings is 1. The molecule has 6 amide bonds. The number of carboxylic acid groups (broad SMARTS) is 1. The lowest BCUT2D eigenvalue weighted by Crippen LogP contribution is -2.71. The van der Waals surface area contributed by atoms with Crippen LogP contribution < -0.4 is 16.8 Å². The van der Waals surface area contributed by atoms with Gasteiger partial charge in [-0.15, -0.1) is 11.8 Å². The first-order chi connectivity index (χ1) is 18.1. The standard InChI is InChI=1S/C23H21N5O9S/c24-22(34)28(18(30)12-6-7-36-8-12)15(11-4-2-1-3-5-11)17(29)26-14-19(31)27-16(21(32)33)13(9-37-23(25)35)10-38-20(14)27/h1-8,14-15,20H,9-10H2,(H2,24,34)(H2,25,35)(H,26,29)(H,32,33)/t14?,15?,20-/m0/s1. The second-order valence-electron chi connectivity index (χ2n) is 8.10. The Morgan fingerprint density at radius 2 is 1.89 bits per heavy atom. The van der Waals surface area contributed by atoms with Gasteiger partial charge in [0.25, 0.3) is 11.8 Å². The Kier molecular flexibility index (Phi) is 7.38. The van der Waals surface area contributed by atoms with Gasteiger partial charge in [0.15, 0.2) is 0 Å². The van der Waals surface area contributed by atoms with Gasteiger partial charge >= 0.3 is 18.1 Å². The lowest BCUT2D eigenvalue weighted by molar-refractivity contribution is -0.151. The van der Waals surface area contributed by atoms with E-state index in [0.29, 0.717) is 4.90 Å². The second kappa shape index (κ2) is 10.7. The van der Waals surface area contributed by atoms with Crippen LogP contribution >= 0.6 is 11.8 Å². The van der Waals surface area contributed by atoms with Crippen LogP contribution in [0.15, 0.2) is 64.6 Å². The number of amides is 6. The minimum Gasteiger partial charge on any atom is -0.477 e. The number of carboxylic acids is 1. The van der Waals surface area contributed by atoms with Crippen LogP contribution in [-0.4, -0.2) is 74.5 Å². The Bertz CT molecular complexity index is 1330. The van der Waals surface area contributed by atoms with Gasteiger partial charge in [-0.1, -0.05) is 30.3 Å². The number of carbonyl (C=O) groups is 6. The zero-order chi connectivity index (χ0) is 27.6. The number of hydrogen-bond donors (Lipinski definition) is 4. The number of fused-ring (bicyclic) bond motifs is 1. The van der Waals surface area contributed by atoms with Gasteiger partial charge in [0.1, 0.15) is 36.0 Å². The van der Waals surface area contributed by atoms with Gasteiger partial charge in [-0.3, -0.25) is 19.3 Å². The molecule has 4 rings (SSSR count). The summed E-state index contributed by atoms with van der Waals surface area (Å²) in [5.41, 5.74) is 10.4. The fourth-order valence-corrected chi connectivity index (χ4v) is 5.43. The lowest BCUT2D eigenvalue weighted by atomic mass is 10.00. The Balaban J connectivity index is 1.61. The number of carbonyl (C=O) groups excluding carboxylic acids is 5. The van der Waals surface area contributed by atoms with E-state index in [2.05, 4.69) is 10.1 Å². The minimum absolute atomic E-state index is 0.0341. The van der Waals surface area contributed by atoms with Crippen LogP contribution in [0.25, 0.3) is 0 Å². The number of urea groups is 1. The third kappa shape index (κ3) is 4.90. The Labute approximate surface area is 218 Å². The van der Waals surface area contributed by atoms with Crippen molar-refractivity contribution < 1.29 is 43.0 Å². The molecular formula is C23H21N5O9S. The van der Waals surface area contributed by atoms with E-state index in [4.69, 9.17) is 15.9 Å². The number of nitrogens with zero attached hydrogens (tertiary/aromatic N) is 2. The quantitative estimate of drug-likeness (QED) is 0.336. The summed E-state index contributed by atoms with van der Waals surface area (Å²) in [7, 11) is 0. The van der Waals surface area contributed by atoms with Crippen molar-refractivity contribution in [3.8, 4) is 0 Å². The smallest absolute Gasteiger partial charge is 0.404 e. The maximum atomic E-state index is 13.5. The predicted octanol–water partition coefficient (Wildman–Crippen LogP) is 0.376. The molecule has 38 heavy (non-hydrogen) atoms. The number of primary amides is 2. The van der Waals surface area contributed by atoms with Crippen LogP contribution in [0.5, 0.6) is 0 Å². The van der Waals surface area contributed by atoms with Gasteiger partial charge < -0.3 is 31.0 Å². The molecule has 3 heterocycles. The molecule has 0 radical (unpaired) electrons. The normalized spacial score (nSPS) is 19.1. The van der Waals surface area contributed by atoms with Gasteiger partial charge in [0, 0.05) is 11.3 Å². The van der Waals surface area contributed by atoms with E-state index in [1.807, 2.05) is 0 Å². The predicted molar refractivity (Wildman–Crippen MR) is 129 cm³/mol. The summed E-state index contributed by atoms with van der Waals surface area (Å²) in [6.45, 7) is -0.419. The molecule has 14 nitrogen and oxygen atoms in total. The molecule has 3 atom stereocenters. The van der Waals surface area contributed by atoms with E-state index in [0.717, 1.165) is 22.9 Å². The van der Waals surface area contributed by atoms with Crippen molar-refractivity contribution >= 4 is 47.6 Å². The Morgan fingerprint density at radius 3 is 2.47 bits per heavy atom. The molecule has 6 N–H and O–H groups in total. The maximum absolute atomic E-state index is 13.5. The summed E-state index contributed by atoms with van der Waals surface area (Å²) >= 11 is 1.13. The first-order valence-corrected chi connectivity index (χ1v) is 12.0. The summed E-state index contributed by atoms with van der Waals surface area (Å²) in [5, 5.41) is 11.4. The first-order valence-electron chi connectivity index (χ1n) is 10.9. The molecule has 15 heteroatoms. The highest BCUT2D eigenvalue weighted by Gasteiger charge is 2.55. The van der Waals surface area contributed by atoms with Crippen LogP contribution in [-0.2, 0) is 19.1 Å². The molecule has 1 saturated heterocycles. The zero-order valence-electron chi connectivity index (χ0n) is 19.4. The third-order valence-electron chi connectivity index (χ3n) is 5.78. The van der Waals surface area contributed by atoms with E-state index >= 15 is 0 Å². The number of furan rings is 1. The summed E-state index contributed by atoms with van der Waals surface area (Å²) in [5.74, 6) is -3.90. The molecule has 2 aliphatic heterocycles. The molecule has 198 valence electrons. The fourth-order valence-electron chi connectivity index (χ4n) is 4.11. The average Bonchev–Trinajstić information content (AvgIpc) is 3.43. The second-order valence-corrected chi connectivity index (χ2v) is 9.20. The van der Waals surface area contributed by atoms with Gasteiger partial charge in [0.05, 0.1) is 11.8 Å². The molecule has 1 fully saturated rings. The summed E-state index contributed by atoms with van der Waals surface area (Å²) in [4.78, 5) is 76.4. The fraction of sp³-hybridized carbons (Fsp3) is 0.217. The van der Waals surface area contributed by atoms with Gasteiger partial charge in [0.2, 0.25) is 5.91 Å². The van der Waals surface area contributed by atoms with Gasteiger partial charge in [-0.25, -0.2) is 19.3 Å². The summed E-state index contributed by atoms with van der Waals surface area (Å²) in [6, 6.07) is 5.19. The third-order valence-corrected chi connectivity index (χ3v) is 7.12. The molecule has 2 unspecified atom stereocenters. The van der Waals surface area contributed by atoms with Crippen molar-refractivity contribution in [3.63, 3.8) is 0 Å². The molecule has 2 aliphatic rings. The van der Waals surface area contributed by atoms with Crippen molar-refractivity contribution in [2.24, 2.45) is 11.5 Å². The molecule has 0 saturated carbocycles. The van der Waals surface area contributed by atoms with Crippen molar-refractivity contribution in [2.75, 3.05) is 12.4 Å². The van der Waals surface area contributed by atoms with E-state index in [-0.39, 0.29) is 28.1 Å². The van der Waals surface area contributed by atoms with Crippen LogP contribution in [0.1, 0.15) is 22.0 Å². The van der Waals surface area contributed by atoms with Crippen LogP contribution in [0.3, 0.4) is 0 Å². The van der Waals surface area contributed by atoms with Crippen molar-refractivity contribution in [1.82, 2.24) is 15.1 Å². The molecule has 0 spiro atoms. The van der Waals surface area contributed by atoms with Crippen LogP contribution in [0, 0.1) is 0 Å². The molecule has 1 aromatic heterocycles. The SMILES string of the molecule is NC(=O)OCC1=C(C(=O)O)N2C(=O)C(NC(=O)C(c3ccccc3)N(C(N)=O)C(=O)c3ccoc3)[C@@H]2SC1. The van der Waals surface area contributed by atoms with Gasteiger partial charge in [-0.05, 0) is 11.6 Å². The summed E-state index contributed by atoms with van der Waals surface area (Å²) < 4.78 is 9.59. The number of imide groups is 1. The van der Waals surface area contributed by atoms with Crippen molar-refractivity contribution in [1.29, 1.82) is 0 Å². The van der Waals surface area contributed by atoms with Crippen LogP contribution in [0.4, 0.5) is 9.59 Å². The van der Waals surface area contributed by atoms with Crippen molar-refractivity contribution in [2.45, 2.75) is 17.5 Å². The number of thioether (sulfide) groups is 1. The van der Waals surface area contributed by atoms with E-state index in [9.17, 15) is 33.9 Å². The number of aliphatic carboxylic acids is 1. The lowest BCUT2D eigenvalue weighted by Gasteiger charge is -2.49. The number of nitrogens with one attached hydrogen (secondary N) is 1. The summed E-state index contributed by atoms with van der Waals surface area (Å²) in [6.07, 6.45) is 1.19. The Hall–Kier alpha value is -4.79. The van der Waals surface area contributed by atoms with E-state index in [1.165, 1.54) is 24.5 Å². The highest BCUT2D eigenvalue weighted by Crippen LogP contribution is 2.40. The minimum atomic E-state index is -1.56. The number of nitrogens with two attached hydrogens (primary N) is 2. The number of ether oxygens (including phenoxy) is 1. The first kappa shape index (κ1) is 26.3. The van der Waals surface area contributed by atoms with Crippen molar-refractivity contribution in [3.05, 3.63) is 71.3 Å². The molecular weight excluding hydrogens is 522 g/mol. The molecule has 2 aromatic rings. The Morgan fingerprint density at radius 1 is 1.18 bits per heavy atom.